The molecule has 0 bridgehead atoms. The van der Waals surface area contributed by atoms with Gasteiger partial charge in [-0.1, -0.05) is 5.16 Å². The van der Waals surface area contributed by atoms with Gasteiger partial charge in [0.1, 0.15) is 6.07 Å². The summed E-state index contributed by atoms with van der Waals surface area (Å²) in [6.45, 7) is 0.178. The highest BCUT2D eigenvalue weighted by Crippen LogP contribution is 2.32. The largest absolute Gasteiger partial charge is 0.454 e. The number of ether oxygens (including phenoxy) is 2. The van der Waals surface area contributed by atoms with E-state index < -0.39 is 0 Å². The zero-order valence-corrected chi connectivity index (χ0v) is 7.10. The maximum atomic E-state index is 8.62. The molecular weight excluding hydrogens is 184 g/mol. The lowest BCUT2D eigenvalue weighted by atomic mass is 10.1. The van der Waals surface area contributed by atoms with E-state index in [2.05, 4.69) is 5.16 Å². The van der Waals surface area contributed by atoms with E-state index in [4.69, 9.17) is 19.9 Å². The molecule has 0 fully saturated rings. The maximum absolute atomic E-state index is 8.62. The normalized spacial score (nSPS) is 13.8. The summed E-state index contributed by atoms with van der Waals surface area (Å²) >= 11 is 0. The van der Waals surface area contributed by atoms with Gasteiger partial charge in [-0.25, -0.2) is 0 Å². The van der Waals surface area contributed by atoms with E-state index in [0.29, 0.717) is 17.1 Å². The minimum Gasteiger partial charge on any atom is -0.454 e. The van der Waals surface area contributed by atoms with Gasteiger partial charge < -0.3 is 14.7 Å². The zero-order chi connectivity index (χ0) is 9.97. The summed E-state index contributed by atoms with van der Waals surface area (Å²) in [5, 5.41) is 20.0. The first-order valence-electron chi connectivity index (χ1n) is 3.87. The standard InChI is InChI=1S/C9H6N2O3/c10-4-7(11-12)6-1-2-8-9(3-6)14-5-13-8/h1-3,12H,5H2/b11-7+. The van der Waals surface area contributed by atoms with Crippen molar-refractivity contribution in [3.8, 4) is 17.6 Å². The molecule has 2 rings (SSSR count). The molecule has 1 heterocycles. The summed E-state index contributed by atoms with van der Waals surface area (Å²) < 4.78 is 10.2. The predicted octanol–water partition coefficient (Wildman–Crippen LogP) is 1.12. The quantitative estimate of drug-likeness (QED) is 0.409. The smallest absolute Gasteiger partial charge is 0.231 e. The van der Waals surface area contributed by atoms with Crippen LogP contribution < -0.4 is 9.47 Å². The summed E-state index contributed by atoms with van der Waals surface area (Å²) in [6, 6.07) is 6.66. The topological polar surface area (TPSA) is 74.8 Å². The molecule has 5 heteroatoms. The second-order valence-electron chi connectivity index (χ2n) is 2.63. The fraction of sp³-hybridized carbons (Fsp3) is 0.111. The first-order valence-corrected chi connectivity index (χ1v) is 3.87. The second-order valence-corrected chi connectivity index (χ2v) is 2.63. The minimum atomic E-state index is -0.0525. The Morgan fingerprint density at radius 1 is 1.43 bits per heavy atom. The van der Waals surface area contributed by atoms with Crippen molar-refractivity contribution in [1.82, 2.24) is 0 Å². The predicted molar refractivity (Wildman–Crippen MR) is 46.5 cm³/mol. The fourth-order valence-electron chi connectivity index (χ4n) is 1.19. The van der Waals surface area contributed by atoms with Gasteiger partial charge in [0, 0.05) is 5.56 Å². The van der Waals surface area contributed by atoms with Gasteiger partial charge in [0.05, 0.1) is 0 Å². The zero-order valence-electron chi connectivity index (χ0n) is 7.10. The third-order valence-corrected chi connectivity index (χ3v) is 1.85. The van der Waals surface area contributed by atoms with Crippen molar-refractivity contribution < 1.29 is 14.7 Å². The van der Waals surface area contributed by atoms with Crippen LogP contribution in [0.4, 0.5) is 0 Å². The fourth-order valence-corrected chi connectivity index (χ4v) is 1.19. The molecule has 5 nitrogen and oxygen atoms in total. The van der Waals surface area contributed by atoms with Crippen LogP contribution in [0.25, 0.3) is 0 Å². The van der Waals surface area contributed by atoms with E-state index in [1.54, 1.807) is 24.3 Å². The average molecular weight is 190 g/mol. The molecule has 0 radical (unpaired) electrons. The van der Waals surface area contributed by atoms with Crippen LogP contribution in [0.1, 0.15) is 5.56 Å². The van der Waals surface area contributed by atoms with Gasteiger partial charge in [-0.15, -0.1) is 0 Å². The number of hydrogen-bond acceptors (Lipinski definition) is 5. The summed E-state index contributed by atoms with van der Waals surface area (Å²) in [5.41, 5.74) is 0.447. The highest BCUT2D eigenvalue weighted by atomic mass is 16.7. The first kappa shape index (κ1) is 8.38. The van der Waals surface area contributed by atoms with E-state index >= 15 is 0 Å². The molecule has 0 saturated heterocycles. The van der Waals surface area contributed by atoms with Crippen molar-refractivity contribution >= 4 is 5.71 Å². The van der Waals surface area contributed by atoms with Crippen molar-refractivity contribution in [3.63, 3.8) is 0 Å². The molecule has 0 spiro atoms. The van der Waals surface area contributed by atoms with Crippen LogP contribution in [-0.2, 0) is 0 Å². The molecule has 14 heavy (non-hydrogen) atoms. The molecule has 1 aliphatic heterocycles. The highest BCUT2D eigenvalue weighted by molar-refractivity contribution is 6.11. The summed E-state index contributed by atoms with van der Waals surface area (Å²) in [7, 11) is 0. The Labute approximate surface area is 79.8 Å². The Morgan fingerprint density at radius 2 is 2.21 bits per heavy atom. The SMILES string of the molecule is N#C/C(=N\O)c1ccc2c(c1)OCO2. The second kappa shape index (κ2) is 3.26. The molecule has 0 atom stereocenters. The van der Waals surface area contributed by atoms with Crippen molar-refractivity contribution in [2.45, 2.75) is 0 Å². The summed E-state index contributed by atoms with van der Waals surface area (Å²) in [4.78, 5) is 0. The number of oxime groups is 1. The Kier molecular flexibility index (Phi) is 1.95. The van der Waals surface area contributed by atoms with E-state index in [1.165, 1.54) is 0 Å². The third-order valence-electron chi connectivity index (χ3n) is 1.85. The Bertz CT molecular complexity index is 434. The lowest BCUT2D eigenvalue weighted by Gasteiger charge is -1.98. The molecule has 0 saturated carbocycles. The van der Waals surface area contributed by atoms with E-state index in [9.17, 15) is 0 Å². The van der Waals surface area contributed by atoms with Crippen molar-refractivity contribution in [2.24, 2.45) is 5.16 Å². The van der Waals surface area contributed by atoms with Gasteiger partial charge in [0.15, 0.2) is 17.2 Å². The third kappa shape index (κ3) is 1.23. The van der Waals surface area contributed by atoms with Gasteiger partial charge in [-0.05, 0) is 18.2 Å². The van der Waals surface area contributed by atoms with Crippen molar-refractivity contribution in [3.05, 3.63) is 23.8 Å². The molecule has 0 amide bonds. The monoisotopic (exact) mass is 190 g/mol. The maximum Gasteiger partial charge on any atom is 0.231 e. The highest BCUT2D eigenvalue weighted by Gasteiger charge is 2.15. The van der Waals surface area contributed by atoms with Crippen LogP contribution >= 0.6 is 0 Å². The molecular formula is C9H6N2O3. The first-order chi connectivity index (χ1) is 6.85. The van der Waals surface area contributed by atoms with Crippen molar-refractivity contribution in [2.75, 3.05) is 6.79 Å². The number of benzene rings is 1. The van der Waals surface area contributed by atoms with E-state index in [1.807, 2.05) is 0 Å². The molecule has 1 N–H and O–H groups in total. The number of rotatable bonds is 1. The van der Waals surface area contributed by atoms with Gasteiger partial charge >= 0.3 is 0 Å². The van der Waals surface area contributed by atoms with Gasteiger partial charge in [0.25, 0.3) is 0 Å². The van der Waals surface area contributed by atoms with Crippen LogP contribution in [0.5, 0.6) is 11.5 Å². The van der Waals surface area contributed by atoms with Gasteiger partial charge in [0.2, 0.25) is 6.79 Å². The van der Waals surface area contributed by atoms with Crippen LogP contribution in [0, 0.1) is 11.3 Å². The van der Waals surface area contributed by atoms with Crippen LogP contribution in [0.3, 0.4) is 0 Å². The number of hydrogen-bond donors (Lipinski definition) is 1. The molecule has 70 valence electrons. The van der Waals surface area contributed by atoms with Crippen molar-refractivity contribution in [1.29, 1.82) is 5.26 Å². The molecule has 1 aromatic rings. The number of fused-ring (bicyclic) bond motifs is 1. The van der Waals surface area contributed by atoms with Gasteiger partial charge in [-0.3, -0.25) is 0 Å². The van der Waals surface area contributed by atoms with E-state index in [-0.39, 0.29) is 12.5 Å². The Hall–Kier alpha value is -2.22. The molecule has 0 aromatic heterocycles. The average Bonchev–Trinajstić information content (AvgIpc) is 2.66. The molecule has 1 aliphatic rings. The number of nitrogens with zero attached hydrogens (tertiary/aromatic N) is 2. The molecule has 0 aliphatic carbocycles. The lowest BCUT2D eigenvalue weighted by molar-refractivity contribution is 0.174. The lowest BCUT2D eigenvalue weighted by Crippen LogP contribution is -1.96. The Balaban J connectivity index is 2.43. The molecule has 0 unspecified atom stereocenters. The van der Waals surface area contributed by atoms with E-state index in [0.717, 1.165) is 0 Å². The Morgan fingerprint density at radius 3 is 2.93 bits per heavy atom. The van der Waals surface area contributed by atoms with Crippen LogP contribution in [-0.4, -0.2) is 17.7 Å². The summed E-state index contributed by atoms with van der Waals surface area (Å²) in [6.07, 6.45) is 0. The summed E-state index contributed by atoms with van der Waals surface area (Å²) in [5.74, 6) is 1.18. The number of nitriles is 1. The van der Waals surface area contributed by atoms with Gasteiger partial charge in [-0.2, -0.15) is 5.26 Å². The van der Waals surface area contributed by atoms with Crippen LogP contribution in [0.15, 0.2) is 23.4 Å². The molecule has 1 aromatic carbocycles. The van der Waals surface area contributed by atoms with Crippen LogP contribution in [0.2, 0.25) is 0 Å². The minimum absolute atomic E-state index is 0.0525.